The first-order valence-electron chi connectivity index (χ1n) is 11.1. The van der Waals surface area contributed by atoms with Crippen LogP contribution in [0.4, 0.5) is 0 Å². The van der Waals surface area contributed by atoms with E-state index in [2.05, 4.69) is 29.4 Å². The number of aliphatic hydroxyl groups excluding tert-OH is 1. The van der Waals surface area contributed by atoms with Crippen molar-refractivity contribution in [3.8, 4) is 11.1 Å². The van der Waals surface area contributed by atoms with Crippen LogP contribution >= 0.6 is 0 Å². The molecule has 6 nitrogen and oxygen atoms in total. The highest BCUT2D eigenvalue weighted by Crippen LogP contribution is 2.32. The topological polar surface area (TPSA) is 71.2 Å². The number of hydrogen-bond donors (Lipinski definition) is 1. The van der Waals surface area contributed by atoms with Crippen LogP contribution in [0.5, 0.6) is 0 Å². The van der Waals surface area contributed by atoms with Crippen LogP contribution in [0.15, 0.2) is 42.7 Å². The number of rotatable bonds is 4. The first-order valence-corrected chi connectivity index (χ1v) is 11.1. The van der Waals surface area contributed by atoms with E-state index in [1.165, 1.54) is 5.56 Å². The Morgan fingerprint density at radius 3 is 2.61 bits per heavy atom. The van der Waals surface area contributed by atoms with Crippen molar-refractivity contribution in [3.63, 3.8) is 0 Å². The number of amides is 1. The minimum Gasteiger partial charge on any atom is -0.391 e. The summed E-state index contributed by atoms with van der Waals surface area (Å²) in [6, 6.07) is 10.4. The molecule has 1 aliphatic heterocycles. The Hall–Kier alpha value is -2.99. The van der Waals surface area contributed by atoms with E-state index < -0.39 is 6.10 Å². The van der Waals surface area contributed by atoms with Gasteiger partial charge < -0.3 is 10.0 Å². The largest absolute Gasteiger partial charge is 0.391 e. The lowest BCUT2D eigenvalue weighted by atomic mass is 9.91. The minimum absolute atomic E-state index is 0.0154. The van der Waals surface area contributed by atoms with E-state index in [0.717, 1.165) is 60.2 Å². The van der Waals surface area contributed by atoms with Crippen LogP contribution < -0.4 is 0 Å². The van der Waals surface area contributed by atoms with Gasteiger partial charge in [0.25, 0.3) is 5.91 Å². The second kappa shape index (κ2) is 7.93. The zero-order chi connectivity index (χ0) is 21.5. The van der Waals surface area contributed by atoms with Crippen LogP contribution in [0.2, 0.25) is 0 Å². The maximum atomic E-state index is 13.1. The third-order valence-electron chi connectivity index (χ3n) is 6.69. The van der Waals surface area contributed by atoms with Gasteiger partial charge in [-0.25, -0.2) is 0 Å². The predicted molar refractivity (Wildman–Crippen MR) is 119 cm³/mol. The average molecular weight is 417 g/mol. The molecule has 1 aliphatic carbocycles. The molecule has 0 saturated heterocycles. The highest BCUT2D eigenvalue weighted by molar-refractivity contribution is 5.98. The highest BCUT2D eigenvalue weighted by Gasteiger charge is 2.38. The fourth-order valence-corrected chi connectivity index (χ4v) is 4.90. The monoisotopic (exact) mass is 416 g/mol. The molecule has 1 saturated carbocycles. The van der Waals surface area contributed by atoms with Gasteiger partial charge >= 0.3 is 0 Å². The van der Waals surface area contributed by atoms with Crippen molar-refractivity contribution in [3.05, 3.63) is 70.8 Å². The van der Waals surface area contributed by atoms with Crippen LogP contribution in [0.25, 0.3) is 11.1 Å². The zero-order valence-electron chi connectivity index (χ0n) is 18.1. The highest BCUT2D eigenvalue weighted by atomic mass is 16.3. The van der Waals surface area contributed by atoms with E-state index in [0.29, 0.717) is 12.1 Å². The normalized spacial score (nSPS) is 20.9. The molecule has 3 aromatic rings. The molecule has 1 amide bonds. The summed E-state index contributed by atoms with van der Waals surface area (Å²) in [4.78, 5) is 19.8. The van der Waals surface area contributed by atoms with Gasteiger partial charge in [0.05, 0.1) is 36.1 Å². The lowest BCUT2D eigenvalue weighted by Gasteiger charge is -2.34. The molecule has 6 heteroatoms. The van der Waals surface area contributed by atoms with Crippen LogP contribution in [0.3, 0.4) is 0 Å². The Morgan fingerprint density at radius 2 is 1.90 bits per heavy atom. The van der Waals surface area contributed by atoms with Gasteiger partial charge in [0, 0.05) is 24.5 Å². The van der Waals surface area contributed by atoms with E-state index in [-0.39, 0.29) is 11.9 Å². The van der Waals surface area contributed by atoms with Crippen LogP contribution in [-0.2, 0) is 20.0 Å². The molecular formula is C25H28N4O2. The maximum Gasteiger partial charge on any atom is 0.256 e. The molecule has 0 radical (unpaired) electrons. The summed E-state index contributed by atoms with van der Waals surface area (Å²) >= 11 is 0. The molecule has 1 N–H and O–H groups in total. The van der Waals surface area contributed by atoms with Gasteiger partial charge in [-0.05, 0) is 48.9 Å². The molecule has 3 heterocycles. The Balaban J connectivity index is 1.36. The molecule has 1 fully saturated rings. The zero-order valence-corrected chi connectivity index (χ0v) is 18.1. The van der Waals surface area contributed by atoms with Gasteiger partial charge in [-0.1, -0.05) is 37.1 Å². The molecule has 2 aliphatic rings. The second-order valence-corrected chi connectivity index (χ2v) is 8.86. The van der Waals surface area contributed by atoms with E-state index in [4.69, 9.17) is 4.98 Å². The Morgan fingerprint density at radius 1 is 1.13 bits per heavy atom. The number of aryl methyl sites for hydroxylation is 2. The Labute approximate surface area is 182 Å². The predicted octanol–water partition coefficient (Wildman–Crippen LogP) is 3.64. The van der Waals surface area contributed by atoms with E-state index in [1.807, 2.05) is 37.3 Å². The van der Waals surface area contributed by atoms with Crippen LogP contribution in [-0.4, -0.2) is 42.8 Å². The molecule has 0 spiro atoms. The van der Waals surface area contributed by atoms with Gasteiger partial charge in [0.2, 0.25) is 0 Å². The standard InChI is InChI=1S/C25H28N4O2/c1-16-19(11-17-7-9-18(10-8-17)20-13-26-28(2)14-20)12-21-22(27-16)15-29(25(21)31)23-5-3-4-6-24(23)30/h7-10,12-14,23-24,30H,3-6,11,15H2,1-2H3/t23?,24-/m0/s1. The van der Waals surface area contributed by atoms with E-state index >= 15 is 0 Å². The third kappa shape index (κ3) is 3.76. The first-order chi connectivity index (χ1) is 15.0. The number of carbonyl (C=O) groups excluding carboxylic acids is 1. The summed E-state index contributed by atoms with van der Waals surface area (Å²) in [5, 5.41) is 14.7. The van der Waals surface area contributed by atoms with Crippen molar-refractivity contribution in [2.75, 3.05) is 0 Å². The average Bonchev–Trinajstić information content (AvgIpc) is 3.33. The van der Waals surface area contributed by atoms with Crippen molar-refractivity contribution in [1.29, 1.82) is 0 Å². The van der Waals surface area contributed by atoms with E-state index in [9.17, 15) is 9.90 Å². The summed E-state index contributed by atoms with van der Waals surface area (Å²) in [5.41, 5.74) is 7.00. The first kappa shape index (κ1) is 19.9. The number of nitrogens with zero attached hydrogens (tertiary/aromatic N) is 4. The lowest BCUT2D eigenvalue weighted by Crippen LogP contribution is -2.45. The molecular weight excluding hydrogens is 388 g/mol. The Kier molecular flexibility index (Phi) is 5.10. The summed E-state index contributed by atoms with van der Waals surface area (Å²) in [6.07, 6.45) is 7.93. The quantitative estimate of drug-likeness (QED) is 0.705. The number of fused-ring (bicyclic) bond motifs is 1. The van der Waals surface area contributed by atoms with Crippen molar-refractivity contribution < 1.29 is 9.90 Å². The number of aliphatic hydroxyl groups is 1. The second-order valence-electron chi connectivity index (χ2n) is 8.86. The number of benzene rings is 1. The number of carbonyl (C=O) groups is 1. The summed E-state index contributed by atoms with van der Waals surface area (Å²) in [5.74, 6) is 0.0154. The molecule has 0 bridgehead atoms. The number of aromatic nitrogens is 3. The van der Waals surface area contributed by atoms with E-state index in [1.54, 1.807) is 4.68 Å². The van der Waals surface area contributed by atoms with Gasteiger partial charge in [-0.15, -0.1) is 0 Å². The van der Waals surface area contributed by atoms with Crippen molar-refractivity contribution in [1.82, 2.24) is 19.7 Å². The molecule has 1 unspecified atom stereocenters. The molecule has 1 aromatic carbocycles. The number of hydrogen-bond acceptors (Lipinski definition) is 4. The van der Waals surface area contributed by atoms with Crippen LogP contribution in [0.1, 0.15) is 58.6 Å². The van der Waals surface area contributed by atoms with Crippen molar-refractivity contribution in [2.24, 2.45) is 7.05 Å². The van der Waals surface area contributed by atoms with Crippen molar-refractivity contribution in [2.45, 2.75) is 57.7 Å². The van der Waals surface area contributed by atoms with Gasteiger partial charge in [0.1, 0.15) is 0 Å². The number of pyridine rings is 1. The summed E-state index contributed by atoms with van der Waals surface area (Å²) in [6.45, 7) is 2.53. The molecule has 2 atom stereocenters. The maximum absolute atomic E-state index is 13.1. The molecule has 31 heavy (non-hydrogen) atoms. The Bertz CT molecular complexity index is 1120. The molecule has 5 rings (SSSR count). The van der Waals surface area contributed by atoms with Crippen molar-refractivity contribution >= 4 is 5.91 Å². The molecule has 160 valence electrons. The lowest BCUT2D eigenvalue weighted by molar-refractivity contribution is 0.0189. The fourth-order valence-electron chi connectivity index (χ4n) is 4.90. The van der Waals surface area contributed by atoms with Gasteiger partial charge in [-0.3, -0.25) is 14.5 Å². The molecule has 2 aromatic heterocycles. The smallest absolute Gasteiger partial charge is 0.256 e. The summed E-state index contributed by atoms with van der Waals surface area (Å²) < 4.78 is 1.80. The SMILES string of the molecule is Cc1nc2c(cc1Cc1ccc(-c3cnn(C)c3)cc1)C(=O)N(C1CCCC[C@@H]1O)C2. The van der Waals surface area contributed by atoms with Crippen LogP contribution in [0, 0.1) is 6.92 Å². The van der Waals surface area contributed by atoms with Gasteiger partial charge in [0.15, 0.2) is 0 Å². The summed E-state index contributed by atoms with van der Waals surface area (Å²) in [7, 11) is 1.92. The van der Waals surface area contributed by atoms with Gasteiger partial charge in [-0.2, -0.15) is 5.10 Å². The third-order valence-corrected chi connectivity index (χ3v) is 6.69. The fraction of sp³-hybridized carbons (Fsp3) is 0.400. The minimum atomic E-state index is -0.425.